The minimum Gasteiger partial charge on any atom is -0.442 e. The normalized spacial score (nSPS) is 14.9. The van der Waals surface area contributed by atoms with Crippen LogP contribution in [-0.4, -0.2) is 48.1 Å². The van der Waals surface area contributed by atoms with E-state index in [1.165, 1.54) is 0 Å². The van der Waals surface area contributed by atoms with Crippen molar-refractivity contribution < 1.29 is 23.5 Å². The summed E-state index contributed by atoms with van der Waals surface area (Å²) < 4.78 is 16.7. The van der Waals surface area contributed by atoms with E-state index in [1.807, 2.05) is 36.4 Å². The maximum atomic E-state index is 13.1. The Hall–Kier alpha value is -3.45. The second-order valence-electron chi connectivity index (χ2n) is 6.92. The van der Waals surface area contributed by atoms with Gasteiger partial charge in [0.2, 0.25) is 12.0 Å². The summed E-state index contributed by atoms with van der Waals surface area (Å²) >= 11 is 0. The van der Waals surface area contributed by atoms with Crippen LogP contribution in [0.3, 0.4) is 0 Å². The quantitative estimate of drug-likeness (QED) is 0.604. The predicted octanol–water partition coefficient (Wildman–Crippen LogP) is 3.41. The molecule has 7 nitrogen and oxygen atoms in total. The number of aryl methyl sites for hydroxylation is 1. The summed E-state index contributed by atoms with van der Waals surface area (Å²) in [5.41, 5.74) is 1.42. The number of esters is 1. The number of amides is 1. The van der Waals surface area contributed by atoms with Crippen molar-refractivity contribution in [2.45, 2.75) is 13.0 Å². The summed E-state index contributed by atoms with van der Waals surface area (Å²) in [4.78, 5) is 32.0. The van der Waals surface area contributed by atoms with Gasteiger partial charge in [0.25, 0.3) is 5.91 Å². The Balaban J connectivity index is 1.59. The largest absolute Gasteiger partial charge is 0.442 e. The van der Waals surface area contributed by atoms with Gasteiger partial charge in [0.15, 0.2) is 5.69 Å². The van der Waals surface area contributed by atoms with Gasteiger partial charge in [-0.1, -0.05) is 48.5 Å². The third-order valence-corrected chi connectivity index (χ3v) is 4.88. The molecule has 4 rings (SSSR count). The third-order valence-electron chi connectivity index (χ3n) is 4.88. The number of morpholine rings is 1. The number of rotatable bonds is 5. The molecule has 1 aromatic heterocycles. The van der Waals surface area contributed by atoms with Crippen molar-refractivity contribution in [2.75, 3.05) is 26.3 Å². The molecule has 1 amide bonds. The molecule has 0 N–H and O–H groups in total. The monoisotopic (exact) mass is 406 g/mol. The number of carbonyl (C=O) groups excluding carboxylic acids is 2. The molecule has 2 aromatic carbocycles. The van der Waals surface area contributed by atoms with Gasteiger partial charge in [0.05, 0.1) is 13.2 Å². The zero-order chi connectivity index (χ0) is 20.9. The van der Waals surface area contributed by atoms with Gasteiger partial charge in [0.1, 0.15) is 5.76 Å². The van der Waals surface area contributed by atoms with Gasteiger partial charge >= 0.3 is 5.97 Å². The number of carbonyl (C=O) groups is 2. The average molecular weight is 406 g/mol. The zero-order valence-electron chi connectivity index (χ0n) is 16.6. The molecule has 1 aliphatic heterocycles. The second-order valence-corrected chi connectivity index (χ2v) is 6.92. The summed E-state index contributed by atoms with van der Waals surface area (Å²) in [5.74, 6) is -0.309. The number of hydrogen-bond acceptors (Lipinski definition) is 6. The Labute approximate surface area is 174 Å². The highest BCUT2D eigenvalue weighted by Crippen LogP contribution is 2.26. The number of hydrogen-bond donors (Lipinski definition) is 0. The molecule has 0 aliphatic carbocycles. The maximum Gasteiger partial charge on any atom is 0.361 e. The van der Waals surface area contributed by atoms with Crippen LogP contribution < -0.4 is 0 Å². The number of aromatic nitrogens is 1. The Morgan fingerprint density at radius 2 is 1.63 bits per heavy atom. The topological polar surface area (TPSA) is 81.9 Å². The SMILES string of the molecule is Cc1oc(-c2ccccc2)nc1C(=O)O[C@H](C(=O)N1CCOCC1)c1ccccc1. The van der Waals surface area contributed by atoms with E-state index in [-0.39, 0.29) is 11.6 Å². The molecular weight excluding hydrogens is 384 g/mol. The maximum absolute atomic E-state index is 13.1. The molecule has 1 atom stereocenters. The first-order chi connectivity index (χ1) is 14.6. The standard InChI is InChI=1S/C23H22N2O5/c1-16-19(24-21(29-16)18-10-6-3-7-11-18)23(27)30-20(17-8-4-2-5-9-17)22(26)25-12-14-28-15-13-25/h2-11,20H,12-15H2,1H3/t20-/m0/s1. The average Bonchev–Trinajstić information content (AvgIpc) is 3.20. The smallest absolute Gasteiger partial charge is 0.361 e. The van der Waals surface area contributed by atoms with E-state index in [0.29, 0.717) is 43.5 Å². The van der Waals surface area contributed by atoms with Crippen LogP contribution in [0.4, 0.5) is 0 Å². The lowest BCUT2D eigenvalue weighted by molar-refractivity contribution is -0.145. The van der Waals surface area contributed by atoms with E-state index in [9.17, 15) is 9.59 Å². The third kappa shape index (κ3) is 4.26. The molecular formula is C23H22N2O5. The van der Waals surface area contributed by atoms with E-state index in [4.69, 9.17) is 13.9 Å². The van der Waals surface area contributed by atoms with Gasteiger partial charge in [-0.2, -0.15) is 0 Å². The van der Waals surface area contributed by atoms with Crippen LogP contribution in [0.5, 0.6) is 0 Å². The summed E-state index contributed by atoms with van der Waals surface area (Å²) in [6, 6.07) is 18.3. The zero-order valence-corrected chi connectivity index (χ0v) is 16.6. The lowest BCUT2D eigenvalue weighted by atomic mass is 10.1. The van der Waals surface area contributed by atoms with Crippen molar-refractivity contribution in [3.8, 4) is 11.5 Å². The second kappa shape index (κ2) is 8.92. The van der Waals surface area contributed by atoms with E-state index in [1.54, 1.807) is 36.1 Å². The minimum atomic E-state index is -1.06. The Kier molecular flexibility index (Phi) is 5.90. The van der Waals surface area contributed by atoms with Gasteiger partial charge in [0, 0.05) is 24.2 Å². The molecule has 1 aliphatic rings. The van der Waals surface area contributed by atoms with Gasteiger partial charge in [-0.3, -0.25) is 4.79 Å². The summed E-state index contributed by atoms with van der Waals surface area (Å²) in [6.07, 6.45) is -1.06. The molecule has 0 unspecified atom stereocenters. The highest BCUT2D eigenvalue weighted by molar-refractivity contribution is 5.92. The molecule has 154 valence electrons. The van der Waals surface area contributed by atoms with Crippen molar-refractivity contribution in [3.63, 3.8) is 0 Å². The van der Waals surface area contributed by atoms with Gasteiger partial charge in [-0.25, -0.2) is 9.78 Å². The first-order valence-electron chi connectivity index (χ1n) is 9.79. The fourth-order valence-corrected chi connectivity index (χ4v) is 3.29. The molecule has 1 fully saturated rings. The number of benzene rings is 2. The number of oxazole rings is 1. The Bertz CT molecular complexity index is 1010. The molecule has 0 spiro atoms. The molecule has 0 saturated carbocycles. The molecule has 30 heavy (non-hydrogen) atoms. The van der Waals surface area contributed by atoms with Crippen LogP contribution in [0.2, 0.25) is 0 Å². The molecule has 0 bridgehead atoms. The molecule has 3 aromatic rings. The van der Waals surface area contributed by atoms with Crippen molar-refractivity contribution >= 4 is 11.9 Å². The first-order valence-corrected chi connectivity index (χ1v) is 9.79. The van der Waals surface area contributed by atoms with Crippen molar-refractivity contribution in [2.24, 2.45) is 0 Å². The fourth-order valence-electron chi connectivity index (χ4n) is 3.29. The van der Waals surface area contributed by atoms with Crippen molar-refractivity contribution in [1.82, 2.24) is 9.88 Å². The highest BCUT2D eigenvalue weighted by Gasteiger charge is 2.32. The lowest BCUT2D eigenvalue weighted by Crippen LogP contribution is -2.44. The molecule has 7 heteroatoms. The van der Waals surface area contributed by atoms with E-state index < -0.39 is 12.1 Å². The molecule has 1 saturated heterocycles. The van der Waals surface area contributed by atoms with Gasteiger partial charge in [-0.05, 0) is 19.1 Å². The van der Waals surface area contributed by atoms with Gasteiger partial charge in [-0.15, -0.1) is 0 Å². The van der Waals surface area contributed by atoms with Crippen molar-refractivity contribution in [3.05, 3.63) is 77.7 Å². The van der Waals surface area contributed by atoms with Crippen LogP contribution in [-0.2, 0) is 14.3 Å². The minimum absolute atomic E-state index is 0.0598. The van der Waals surface area contributed by atoms with Crippen molar-refractivity contribution in [1.29, 1.82) is 0 Å². The first kappa shape index (κ1) is 19.8. The van der Waals surface area contributed by atoms with E-state index in [0.717, 1.165) is 5.56 Å². The Morgan fingerprint density at radius 1 is 1.00 bits per heavy atom. The number of nitrogens with zero attached hydrogens (tertiary/aromatic N) is 2. The highest BCUT2D eigenvalue weighted by atomic mass is 16.6. The van der Waals surface area contributed by atoms with Gasteiger partial charge < -0.3 is 18.8 Å². The van der Waals surface area contributed by atoms with Crippen LogP contribution in [0.1, 0.15) is 27.9 Å². The fraction of sp³-hybridized carbons (Fsp3) is 0.261. The van der Waals surface area contributed by atoms with Crippen LogP contribution in [0, 0.1) is 6.92 Å². The molecule has 2 heterocycles. The summed E-state index contributed by atoms with van der Waals surface area (Å²) in [6.45, 7) is 3.49. The van der Waals surface area contributed by atoms with Crippen LogP contribution >= 0.6 is 0 Å². The number of ether oxygens (including phenoxy) is 2. The van der Waals surface area contributed by atoms with E-state index in [2.05, 4.69) is 4.98 Å². The van der Waals surface area contributed by atoms with E-state index >= 15 is 0 Å². The predicted molar refractivity (Wildman–Crippen MR) is 109 cm³/mol. The Morgan fingerprint density at radius 3 is 2.30 bits per heavy atom. The van der Waals surface area contributed by atoms with Crippen LogP contribution in [0.15, 0.2) is 65.1 Å². The summed E-state index contributed by atoms with van der Waals surface area (Å²) in [7, 11) is 0. The summed E-state index contributed by atoms with van der Waals surface area (Å²) in [5, 5.41) is 0. The lowest BCUT2D eigenvalue weighted by Gasteiger charge is -2.30. The van der Waals surface area contributed by atoms with Crippen LogP contribution in [0.25, 0.3) is 11.5 Å². The molecule has 0 radical (unpaired) electrons.